The SMILES string of the molecule is O=C(O)c1cc(-c2ccc(F)cc2)nc2ccc(S(=O)(=O)N3CCOCC3)cc12. The molecule has 0 aliphatic carbocycles. The zero-order valence-corrected chi connectivity index (χ0v) is 16.0. The normalized spacial score (nSPS) is 15.5. The molecule has 1 aromatic heterocycles. The largest absolute Gasteiger partial charge is 0.478 e. The molecule has 4 rings (SSSR count). The zero-order chi connectivity index (χ0) is 20.6. The lowest BCUT2D eigenvalue weighted by Gasteiger charge is -2.26. The predicted molar refractivity (Wildman–Crippen MR) is 104 cm³/mol. The Labute approximate surface area is 166 Å². The lowest BCUT2D eigenvalue weighted by molar-refractivity contribution is 0.0699. The summed E-state index contributed by atoms with van der Waals surface area (Å²) in [6, 6.07) is 11.1. The number of pyridine rings is 1. The van der Waals surface area contributed by atoms with E-state index in [0.29, 0.717) is 30.0 Å². The monoisotopic (exact) mass is 416 g/mol. The highest BCUT2D eigenvalue weighted by Crippen LogP contribution is 2.28. The van der Waals surface area contributed by atoms with Crippen LogP contribution in [0.25, 0.3) is 22.2 Å². The van der Waals surface area contributed by atoms with Gasteiger partial charge in [0.1, 0.15) is 5.82 Å². The van der Waals surface area contributed by atoms with Crippen molar-refractivity contribution < 1.29 is 27.4 Å². The highest BCUT2D eigenvalue weighted by atomic mass is 32.2. The second-order valence-corrected chi connectivity index (χ2v) is 8.50. The average Bonchev–Trinajstić information content (AvgIpc) is 2.73. The Hall–Kier alpha value is -2.88. The topological polar surface area (TPSA) is 96.8 Å². The molecule has 1 N–H and O–H groups in total. The van der Waals surface area contributed by atoms with Crippen molar-refractivity contribution >= 4 is 26.9 Å². The summed E-state index contributed by atoms with van der Waals surface area (Å²) >= 11 is 0. The summed E-state index contributed by atoms with van der Waals surface area (Å²) in [5.74, 6) is -1.62. The lowest BCUT2D eigenvalue weighted by Crippen LogP contribution is -2.40. The molecule has 0 atom stereocenters. The third kappa shape index (κ3) is 3.71. The molecule has 9 heteroatoms. The second kappa shape index (κ2) is 7.51. The number of benzene rings is 2. The number of rotatable bonds is 4. The van der Waals surface area contributed by atoms with E-state index < -0.39 is 21.8 Å². The van der Waals surface area contributed by atoms with Crippen LogP contribution in [-0.2, 0) is 14.8 Å². The molecule has 29 heavy (non-hydrogen) atoms. The van der Waals surface area contributed by atoms with Crippen LogP contribution in [0.3, 0.4) is 0 Å². The van der Waals surface area contributed by atoms with E-state index in [-0.39, 0.29) is 28.9 Å². The molecule has 1 aliphatic heterocycles. The Bertz CT molecular complexity index is 1190. The van der Waals surface area contributed by atoms with Crippen molar-refractivity contribution in [3.63, 3.8) is 0 Å². The second-order valence-electron chi connectivity index (χ2n) is 6.56. The summed E-state index contributed by atoms with van der Waals surface area (Å²) in [5.41, 5.74) is 1.18. The van der Waals surface area contributed by atoms with Crippen LogP contribution in [0.4, 0.5) is 4.39 Å². The van der Waals surface area contributed by atoms with E-state index in [4.69, 9.17) is 4.74 Å². The van der Waals surface area contributed by atoms with E-state index >= 15 is 0 Å². The number of hydrogen-bond acceptors (Lipinski definition) is 5. The first-order chi connectivity index (χ1) is 13.9. The molecule has 0 saturated carbocycles. The Morgan fingerprint density at radius 3 is 2.41 bits per heavy atom. The highest BCUT2D eigenvalue weighted by molar-refractivity contribution is 7.89. The molecule has 0 spiro atoms. The minimum Gasteiger partial charge on any atom is -0.478 e. The molecule has 3 aromatic rings. The van der Waals surface area contributed by atoms with Gasteiger partial charge in [0.05, 0.1) is 34.9 Å². The summed E-state index contributed by atoms with van der Waals surface area (Å²) in [6.07, 6.45) is 0. The van der Waals surface area contributed by atoms with Gasteiger partial charge in [0, 0.05) is 24.0 Å². The zero-order valence-electron chi connectivity index (χ0n) is 15.2. The number of morpholine rings is 1. The van der Waals surface area contributed by atoms with Gasteiger partial charge in [0.25, 0.3) is 0 Å². The van der Waals surface area contributed by atoms with Gasteiger partial charge < -0.3 is 9.84 Å². The molecule has 0 amide bonds. The Morgan fingerprint density at radius 1 is 1.07 bits per heavy atom. The number of halogens is 1. The molecule has 1 saturated heterocycles. The van der Waals surface area contributed by atoms with E-state index in [1.54, 1.807) is 0 Å². The number of carboxylic acid groups (broad SMARTS) is 1. The molecule has 1 fully saturated rings. The van der Waals surface area contributed by atoms with Gasteiger partial charge in [0.15, 0.2) is 0 Å². The lowest BCUT2D eigenvalue weighted by atomic mass is 10.0. The van der Waals surface area contributed by atoms with Crippen molar-refractivity contribution in [3.8, 4) is 11.3 Å². The van der Waals surface area contributed by atoms with Gasteiger partial charge in [-0.3, -0.25) is 0 Å². The molecular formula is C20H17FN2O5S. The van der Waals surface area contributed by atoms with Crippen molar-refractivity contribution in [2.24, 2.45) is 0 Å². The van der Waals surface area contributed by atoms with Crippen LogP contribution in [0.5, 0.6) is 0 Å². The summed E-state index contributed by atoms with van der Waals surface area (Å²) in [4.78, 5) is 16.3. The molecule has 2 heterocycles. The van der Waals surface area contributed by atoms with E-state index in [0.717, 1.165) is 0 Å². The van der Waals surface area contributed by atoms with Crippen LogP contribution in [0.15, 0.2) is 53.4 Å². The quantitative estimate of drug-likeness (QED) is 0.703. The number of aromatic carboxylic acids is 1. The van der Waals surface area contributed by atoms with Gasteiger partial charge in [-0.05, 0) is 48.5 Å². The maximum Gasteiger partial charge on any atom is 0.336 e. The fourth-order valence-electron chi connectivity index (χ4n) is 3.25. The fourth-order valence-corrected chi connectivity index (χ4v) is 4.68. The summed E-state index contributed by atoms with van der Waals surface area (Å²) in [7, 11) is -3.77. The van der Waals surface area contributed by atoms with Crippen molar-refractivity contribution in [3.05, 3.63) is 59.9 Å². The number of carbonyl (C=O) groups is 1. The highest BCUT2D eigenvalue weighted by Gasteiger charge is 2.27. The maximum atomic E-state index is 13.2. The predicted octanol–water partition coefficient (Wildman–Crippen LogP) is 2.76. The fraction of sp³-hybridized carbons (Fsp3) is 0.200. The summed E-state index contributed by atoms with van der Waals surface area (Å²) < 4.78 is 45.5. The molecule has 0 bridgehead atoms. The summed E-state index contributed by atoms with van der Waals surface area (Å²) in [6.45, 7) is 1.12. The van der Waals surface area contributed by atoms with Crippen molar-refractivity contribution in [1.82, 2.24) is 9.29 Å². The Kier molecular flexibility index (Phi) is 5.03. The minimum absolute atomic E-state index is 0.00531. The van der Waals surface area contributed by atoms with Crippen molar-refractivity contribution in [2.45, 2.75) is 4.90 Å². The first-order valence-corrected chi connectivity index (χ1v) is 10.3. The summed E-state index contributed by atoms with van der Waals surface area (Å²) in [5, 5.41) is 9.90. The molecule has 2 aromatic carbocycles. The number of aromatic nitrogens is 1. The average molecular weight is 416 g/mol. The van der Waals surface area contributed by atoms with E-state index in [9.17, 15) is 22.7 Å². The van der Waals surface area contributed by atoms with Crippen LogP contribution in [0, 0.1) is 5.82 Å². The van der Waals surface area contributed by atoms with Gasteiger partial charge in [-0.1, -0.05) is 0 Å². The first-order valence-electron chi connectivity index (χ1n) is 8.88. The standard InChI is InChI=1S/C20H17FN2O5S/c21-14-3-1-13(2-4-14)19-12-17(20(24)25)16-11-15(5-6-18(16)22-19)29(26,27)23-7-9-28-10-8-23/h1-6,11-12H,7-10H2,(H,24,25). The van der Waals surface area contributed by atoms with Gasteiger partial charge >= 0.3 is 5.97 Å². The van der Waals surface area contributed by atoms with Crippen molar-refractivity contribution in [2.75, 3.05) is 26.3 Å². The molecule has 1 aliphatic rings. The Balaban J connectivity index is 1.84. The third-order valence-electron chi connectivity index (χ3n) is 4.76. The number of ether oxygens (including phenoxy) is 1. The van der Waals surface area contributed by atoms with Gasteiger partial charge in [-0.2, -0.15) is 4.31 Å². The molecule has 0 unspecified atom stereocenters. The molecular weight excluding hydrogens is 399 g/mol. The third-order valence-corrected chi connectivity index (χ3v) is 6.65. The molecule has 150 valence electrons. The van der Waals surface area contributed by atoms with E-state index in [2.05, 4.69) is 4.98 Å². The first kappa shape index (κ1) is 19.4. The van der Waals surface area contributed by atoms with Crippen LogP contribution >= 0.6 is 0 Å². The smallest absolute Gasteiger partial charge is 0.336 e. The maximum absolute atomic E-state index is 13.2. The van der Waals surface area contributed by atoms with Crippen LogP contribution in [-0.4, -0.2) is 55.1 Å². The number of carboxylic acids is 1. The Morgan fingerprint density at radius 2 is 1.76 bits per heavy atom. The number of nitrogens with zero attached hydrogens (tertiary/aromatic N) is 2. The van der Waals surface area contributed by atoms with Gasteiger partial charge in [-0.15, -0.1) is 0 Å². The van der Waals surface area contributed by atoms with Gasteiger partial charge in [0.2, 0.25) is 10.0 Å². The van der Waals surface area contributed by atoms with E-state index in [1.165, 1.54) is 52.8 Å². The van der Waals surface area contributed by atoms with Crippen LogP contribution in [0.1, 0.15) is 10.4 Å². The molecule has 0 radical (unpaired) electrons. The van der Waals surface area contributed by atoms with Crippen LogP contribution in [0.2, 0.25) is 0 Å². The number of sulfonamides is 1. The number of fused-ring (bicyclic) bond motifs is 1. The van der Waals surface area contributed by atoms with Gasteiger partial charge in [-0.25, -0.2) is 22.6 Å². The minimum atomic E-state index is -3.77. The molecule has 7 nitrogen and oxygen atoms in total. The van der Waals surface area contributed by atoms with E-state index in [1.807, 2.05) is 0 Å². The van der Waals surface area contributed by atoms with Crippen molar-refractivity contribution in [1.29, 1.82) is 0 Å². The number of hydrogen-bond donors (Lipinski definition) is 1. The van der Waals surface area contributed by atoms with Crippen LogP contribution < -0.4 is 0 Å².